The second-order valence-corrected chi connectivity index (χ2v) is 13.3. The van der Waals surface area contributed by atoms with Gasteiger partial charge in [-0.2, -0.15) is 0 Å². The standard InChI is InChI=1S/C10H21NO3Si.C8H17NO3Si/c1-4-13-15(3,14-5-2)9-7-6-8-11-10-12;1-11-13(3,12-2)7-5-4-6-9-8-10/h4-9H2,1-3H3;4-7H2,1-3H3. The van der Waals surface area contributed by atoms with Gasteiger partial charge >= 0.3 is 17.1 Å². The van der Waals surface area contributed by atoms with Crippen LogP contribution < -0.4 is 0 Å². The van der Waals surface area contributed by atoms with Crippen molar-refractivity contribution >= 4 is 29.3 Å². The molecule has 0 N–H and O–H groups in total. The fourth-order valence-electron chi connectivity index (χ4n) is 2.45. The van der Waals surface area contributed by atoms with Gasteiger partial charge in [0.1, 0.15) is 0 Å². The van der Waals surface area contributed by atoms with E-state index in [0.29, 0.717) is 26.3 Å². The first-order valence-corrected chi connectivity index (χ1v) is 14.9. The van der Waals surface area contributed by atoms with Crippen molar-refractivity contribution in [3.8, 4) is 0 Å². The molecule has 0 atom stereocenters. The van der Waals surface area contributed by atoms with E-state index in [-0.39, 0.29) is 0 Å². The molecular formula is C18H38N2O6Si2. The lowest BCUT2D eigenvalue weighted by atomic mass is 10.3. The lowest BCUT2D eigenvalue weighted by molar-refractivity contribution is 0.188. The van der Waals surface area contributed by atoms with Gasteiger partial charge in [-0.25, -0.2) is 19.6 Å². The molecule has 28 heavy (non-hydrogen) atoms. The van der Waals surface area contributed by atoms with Gasteiger partial charge in [0.05, 0.1) is 13.1 Å². The second-order valence-electron chi connectivity index (χ2n) is 6.40. The van der Waals surface area contributed by atoms with Crippen LogP contribution in [0.1, 0.15) is 39.5 Å². The van der Waals surface area contributed by atoms with E-state index in [1.807, 2.05) is 20.4 Å². The highest BCUT2D eigenvalue weighted by molar-refractivity contribution is 6.66. The Morgan fingerprint density at radius 1 is 0.714 bits per heavy atom. The molecule has 0 radical (unpaired) electrons. The highest BCUT2D eigenvalue weighted by atomic mass is 28.4. The molecule has 0 amide bonds. The van der Waals surface area contributed by atoms with Crippen molar-refractivity contribution < 1.29 is 27.3 Å². The van der Waals surface area contributed by atoms with E-state index in [9.17, 15) is 9.59 Å². The summed E-state index contributed by atoms with van der Waals surface area (Å²) in [6.45, 7) is 10.6. The molecular weight excluding hydrogens is 396 g/mol. The molecule has 0 aliphatic heterocycles. The number of carbonyl (C=O) groups excluding carboxylic acids is 2. The number of aliphatic imine (C=N–C) groups is 2. The molecule has 0 fully saturated rings. The first kappa shape index (κ1) is 29.2. The summed E-state index contributed by atoms with van der Waals surface area (Å²) in [6, 6.07) is 1.90. The van der Waals surface area contributed by atoms with Crippen molar-refractivity contribution in [3.05, 3.63) is 0 Å². The molecule has 164 valence electrons. The molecule has 10 heteroatoms. The summed E-state index contributed by atoms with van der Waals surface area (Å²) in [5, 5.41) is 0. The topological polar surface area (TPSA) is 95.8 Å². The van der Waals surface area contributed by atoms with Crippen molar-refractivity contribution in [1.29, 1.82) is 0 Å². The van der Waals surface area contributed by atoms with Crippen LogP contribution >= 0.6 is 0 Å². The Kier molecular flexibility index (Phi) is 20.2. The maximum absolute atomic E-state index is 9.84. The molecule has 0 unspecified atom stereocenters. The van der Waals surface area contributed by atoms with Gasteiger partial charge in [0, 0.05) is 27.4 Å². The van der Waals surface area contributed by atoms with E-state index in [2.05, 4.69) is 16.5 Å². The lowest BCUT2D eigenvalue weighted by Gasteiger charge is -2.25. The molecule has 0 aromatic rings. The van der Waals surface area contributed by atoms with Gasteiger partial charge in [-0.3, -0.25) is 0 Å². The molecule has 0 spiro atoms. The maximum atomic E-state index is 9.84. The summed E-state index contributed by atoms with van der Waals surface area (Å²) in [6.07, 6.45) is 6.83. The Morgan fingerprint density at radius 3 is 1.43 bits per heavy atom. The first-order chi connectivity index (χ1) is 13.4. The number of unbranched alkanes of at least 4 members (excludes halogenated alkanes) is 2. The van der Waals surface area contributed by atoms with E-state index >= 15 is 0 Å². The molecule has 0 saturated heterocycles. The summed E-state index contributed by atoms with van der Waals surface area (Å²) < 4.78 is 22.0. The van der Waals surface area contributed by atoms with Crippen LogP contribution in [0.15, 0.2) is 9.98 Å². The van der Waals surface area contributed by atoms with Crippen molar-refractivity contribution in [3.63, 3.8) is 0 Å². The third-order valence-electron chi connectivity index (χ3n) is 4.19. The normalized spacial score (nSPS) is 11.1. The fraction of sp³-hybridized carbons (Fsp3) is 0.889. The summed E-state index contributed by atoms with van der Waals surface area (Å²) in [5.41, 5.74) is 0. The summed E-state index contributed by atoms with van der Waals surface area (Å²) in [7, 11) is -0.488. The Morgan fingerprint density at radius 2 is 1.11 bits per heavy atom. The van der Waals surface area contributed by atoms with E-state index in [4.69, 9.17) is 17.7 Å². The highest BCUT2D eigenvalue weighted by Crippen LogP contribution is 2.17. The van der Waals surface area contributed by atoms with Gasteiger partial charge in [0.15, 0.2) is 0 Å². The maximum Gasteiger partial charge on any atom is 0.334 e. The van der Waals surface area contributed by atoms with Gasteiger partial charge in [0.25, 0.3) is 0 Å². The highest BCUT2D eigenvalue weighted by Gasteiger charge is 2.29. The zero-order valence-corrected chi connectivity index (χ0v) is 20.4. The van der Waals surface area contributed by atoms with Gasteiger partial charge in [-0.05, 0) is 64.7 Å². The minimum absolute atomic E-state index is 0.557. The molecule has 0 aromatic heterocycles. The number of isocyanates is 2. The van der Waals surface area contributed by atoms with Crippen LogP contribution in [0.3, 0.4) is 0 Å². The Labute approximate surface area is 172 Å². The smallest absolute Gasteiger partial charge is 0.334 e. The van der Waals surface area contributed by atoms with Gasteiger partial charge in [-0.1, -0.05) is 0 Å². The van der Waals surface area contributed by atoms with Gasteiger partial charge in [0.2, 0.25) is 12.2 Å². The predicted octanol–water partition coefficient (Wildman–Crippen LogP) is 3.71. The van der Waals surface area contributed by atoms with Crippen LogP contribution in [0, 0.1) is 0 Å². The molecule has 0 saturated carbocycles. The predicted molar refractivity (Wildman–Crippen MR) is 115 cm³/mol. The average Bonchev–Trinajstić information content (AvgIpc) is 2.68. The quantitative estimate of drug-likeness (QED) is 0.159. The molecule has 0 bridgehead atoms. The zero-order valence-electron chi connectivity index (χ0n) is 18.4. The fourth-order valence-corrected chi connectivity index (χ4v) is 6.40. The molecule has 8 nitrogen and oxygen atoms in total. The third kappa shape index (κ3) is 17.2. The average molecular weight is 435 g/mol. The summed E-state index contributed by atoms with van der Waals surface area (Å²) >= 11 is 0. The van der Waals surface area contributed by atoms with Crippen LogP contribution in [0.25, 0.3) is 0 Å². The first-order valence-electron chi connectivity index (χ1n) is 9.82. The van der Waals surface area contributed by atoms with E-state index in [1.165, 1.54) is 12.2 Å². The molecule has 0 aliphatic rings. The number of hydrogen-bond acceptors (Lipinski definition) is 8. The van der Waals surface area contributed by atoms with Crippen LogP contribution in [0.4, 0.5) is 0 Å². The zero-order chi connectivity index (χ0) is 21.7. The lowest BCUT2D eigenvalue weighted by Crippen LogP contribution is -2.38. The van der Waals surface area contributed by atoms with Crippen LogP contribution in [-0.2, 0) is 27.3 Å². The Hall–Kier alpha value is -0.966. The van der Waals surface area contributed by atoms with Crippen molar-refractivity contribution in [2.24, 2.45) is 9.98 Å². The number of hydrogen-bond donors (Lipinski definition) is 0. The van der Waals surface area contributed by atoms with Crippen molar-refractivity contribution in [2.45, 2.75) is 64.7 Å². The molecule has 0 aliphatic carbocycles. The van der Waals surface area contributed by atoms with Crippen molar-refractivity contribution in [1.82, 2.24) is 0 Å². The minimum atomic E-state index is -1.95. The number of rotatable bonds is 16. The van der Waals surface area contributed by atoms with Gasteiger partial charge < -0.3 is 17.7 Å². The largest absolute Gasteiger partial charge is 0.398 e. The SMILES string of the molecule is CCO[Si](C)(CCCCN=C=O)OCC.CO[Si](C)(CCCCN=C=O)OC. The molecule has 0 rings (SSSR count). The second kappa shape index (κ2) is 19.4. The van der Waals surface area contributed by atoms with E-state index < -0.39 is 17.1 Å². The molecule has 0 aromatic carbocycles. The van der Waals surface area contributed by atoms with E-state index in [0.717, 1.165) is 37.8 Å². The number of nitrogens with zero attached hydrogens (tertiary/aromatic N) is 2. The summed E-state index contributed by atoms with van der Waals surface area (Å²) in [5.74, 6) is 0. The van der Waals surface area contributed by atoms with Crippen molar-refractivity contribution in [2.75, 3.05) is 40.5 Å². The van der Waals surface area contributed by atoms with Gasteiger partial charge in [-0.15, -0.1) is 0 Å². The Balaban J connectivity index is 0. The van der Waals surface area contributed by atoms with Crippen LogP contribution in [0.5, 0.6) is 0 Å². The third-order valence-corrected chi connectivity index (χ3v) is 10.2. The minimum Gasteiger partial charge on any atom is -0.398 e. The summed E-state index contributed by atoms with van der Waals surface area (Å²) in [4.78, 5) is 26.6. The van der Waals surface area contributed by atoms with E-state index in [1.54, 1.807) is 14.2 Å². The van der Waals surface area contributed by atoms with Crippen LogP contribution in [0.2, 0.25) is 25.2 Å². The monoisotopic (exact) mass is 434 g/mol. The Bertz CT molecular complexity index is 459. The van der Waals surface area contributed by atoms with Crippen LogP contribution in [-0.4, -0.2) is 69.8 Å². The molecule has 0 heterocycles.